The lowest BCUT2D eigenvalue weighted by molar-refractivity contribution is -0.115. The van der Waals surface area contributed by atoms with Gasteiger partial charge in [-0.15, -0.1) is 0 Å². The van der Waals surface area contributed by atoms with Crippen molar-refractivity contribution in [2.75, 3.05) is 26.0 Å². The maximum atomic E-state index is 12.6. The van der Waals surface area contributed by atoms with E-state index in [1.807, 2.05) is 48.9 Å². The number of carbonyl (C=O) groups is 1. The van der Waals surface area contributed by atoms with E-state index in [1.165, 1.54) is 12.1 Å². The molecule has 0 aliphatic carbocycles. The summed E-state index contributed by atoms with van der Waals surface area (Å²) in [6.07, 6.45) is 2.30. The molecule has 1 aromatic heterocycles. The Kier molecular flexibility index (Phi) is 6.57. The van der Waals surface area contributed by atoms with Gasteiger partial charge in [-0.25, -0.2) is 13.1 Å². The number of hydrogen-bond acceptors (Lipinski definition) is 4. The monoisotopic (exact) mass is 378 g/mol. The van der Waals surface area contributed by atoms with Gasteiger partial charge in [-0.2, -0.15) is 0 Å². The molecule has 0 bridgehead atoms. The largest absolute Gasteiger partial charge is 0.353 e. The van der Waals surface area contributed by atoms with E-state index in [-0.39, 0.29) is 23.4 Å². The summed E-state index contributed by atoms with van der Waals surface area (Å²) >= 11 is 0. The van der Waals surface area contributed by atoms with Gasteiger partial charge in [0.15, 0.2) is 0 Å². The quantitative estimate of drug-likeness (QED) is 0.735. The van der Waals surface area contributed by atoms with Gasteiger partial charge in [0.05, 0.1) is 10.9 Å². The molecule has 26 heavy (non-hydrogen) atoms. The molecule has 7 nitrogen and oxygen atoms in total. The highest BCUT2D eigenvalue weighted by Crippen LogP contribution is 2.19. The number of anilines is 1. The number of amides is 1. The Morgan fingerprint density at radius 3 is 2.35 bits per heavy atom. The Bertz CT molecular complexity index is 842. The van der Waals surface area contributed by atoms with Crippen molar-refractivity contribution < 1.29 is 13.2 Å². The molecule has 1 atom stereocenters. The van der Waals surface area contributed by atoms with Crippen molar-refractivity contribution in [1.29, 1.82) is 0 Å². The predicted octanol–water partition coefficient (Wildman–Crippen LogP) is 1.95. The first-order valence-electron chi connectivity index (χ1n) is 8.42. The molecule has 2 rings (SSSR count). The second-order valence-corrected chi connectivity index (χ2v) is 8.07. The molecule has 1 unspecified atom stereocenters. The van der Waals surface area contributed by atoms with E-state index in [2.05, 4.69) is 10.0 Å². The van der Waals surface area contributed by atoms with Crippen LogP contribution in [0.4, 0.5) is 5.69 Å². The van der Waals surface area contributed by atoms with Gasteiger partial charge in [0.25, 0.3) is 0 Å². The smallest absolute Gasteiger partial charge is 0.240 e. The molecule has 8 heteroatoms. The molecule has 1 amide bonds. The minimum atomic E-state index is -3.64. The van der Waals surface area contributed by atoms with Crippen LogP contribution in [0.5, 0.6) is 0 Å². The lowest BCUT2D eigenvalue weighted by atomic mass is 10.2. The maximum Gasteiger partial charge on any atom is 0.240 e. The highest BCUT2D eigenvalue weighted by Gasteiger charge is 2.21. The number of benzene rings is 1. The van der Waals surface area contributed by atoms with Gasteiger partial charge in [-0.05, 0) is 50.5 Å². The minimum absolute atomic E-state index is 0.0899. The number of aromatic nitrogens is 1. The second kappa shape index (κ2) is 8.48. The number of likely N-dealkylation sites (N-methyl/N-ethyl adjacent to an activating group) is 1. The van der Waals surface area contributed by atoms with Gasteiger partial charge >= 0.3 is 0 Å². The molecular weight excluding hydrogens is 352 g/mol. The standard InChI is InChI=1S/C18H26N4O3S/c1-5-18(23)20-14-8-10-15(11-9-14)26(24,25)19-13-17(21(2)3)16-7-6-12-22(16)4/h6-12,17,19H,5,13H2,1-4H3,(H,20,23). The van der Waals surface area contributed by atoms with Crippen LogP contribution in [-0.2, 0) is 21.9 Å². The molecule has 2 N–H and O–H groups in total. The molecule has 142 valence electrons. The van der Waals surface area contributed by atoms with E-state index in [1.54, 1.807) is 19.1 Å². The summed E-state index contributed by atoms with van der Waals surface area (Å²) < 4.78 is 29.8. The first-order chi connectivity index (χ1) is 12.2. The third kappa shape index (κ3) is 4.94. The van der Waals surface area contributed by atoms with Crippen molar-refractivity contribution in [3.63, 3.8) is 0 Å². The molecule has 1 heterocycles. The van der Waals surface area contributed by atoms with Crippen LogP contribution in [0.15, 0.2) is 47.5 Å². The van der Waals surface area contributed by atoms with Crippen LogP contribution < -0.4 is 10.0 Å². The number of hydrogen-bond donors (Lipinski definition) is 2. The maximum absolute atomic E-state index is 12.6. The number of carbonyl (C=O) groups excluding carboxylic acids is 1. The molecular formula is C18H26N4O3S. The van der Waals surface area contributed by atoms with Crippen LogP contribution in [0.3, 0.4) is 0 Å². The van der Waals surface area contributed by atoms with Crippen LogP contribution in [-0.4, -0.2) is 44.4 Å². The van der Waals surface area contributed by atoms with Gasteiger partial charge < -0.3 is 9.88 Å². The molecule has 2 aromatic rings. The van der Waals surface area contributed by atoms with Crippen LogP contribution in [0.1, 0.15) is 25.1 Å². The first-order valence-corrected chi connectivity index (χ1v) is 9.90. The molecule has 1 aromatic carbocycles. The number of nitrogens with zero attached hydrogens (tertiary/aromatic N) is 2. The highest BCUT2D eigenvalue weighted by molar-refractivity contribution is 7.89. The Morgan fingerprint density at radius 1 is 1.19 bits per heavy atom. The van der Waals surface area contributed by atoms with Gasteiger partial charge in [-0.3, -0.25) is 9.69 Å². The zero-order valence-corrected chi connectivity index (χ0v) is 16.4. The zero-order valence-electron chi connectivity index (χ0n) is 15.6. The molecule has 0 spiro atoms. The Hall–Kier alpha value is -2.16. The van der Waals surface area contributed by atoms with Crippen LogP contribution in [0.2, 0.25) is 0 Å². The van der Waals surface area contributed by atoms with E-state index < -0.39 is 10.0 Å². The normalized spacial score (nSPS) is 13.0. The number of aryl methyl sites for hydroxylation is 1. The summed E-state index contributed by atoms with van der Waals surface area (Å²) in [6.45, 7) is 2.01. The van der Waals surface area contributed by atoms with Gasteiger partial charge in [-0.1, -0.05) is 6.92 Å². The summed E-state index contributed by atoms with van der Waals surface area (Å²) in [4.78, 5) is 13.5. The molecule has 0 saturated heterocycles. The van der Waals surface area contributed by atoms with Gasteiger partial charge in [0, 0.05) is 37.6 Å². The van der Waals surface area contributed by atoms with Crippen molar-refractivity contribution in [1.82, 2.24) is 14.2 Å². The van der Waals surface area contributed by atoms with Crippen LogP contribution >= 0.6 is 0 Å². The van der Waals surface area contributed by atoms with Crippen molar-refractivity contribution in [3.05, 3.63) is 48.3 Å². The SMILES string of the molecule is CCC(=O)Nc1ccc(S(=O)(=O)NCC(c2cccn2C)N(C)C)cc1. The van der Waals surface area contributed by atoms with Crippen LogP contribution in [0.25, 0.3) is 0 Å². The topological polar surface area (TPSA) is 83.4 Å². The molecule has 0 fully saturated rings. The van der Waals surface area contributed by atoms with Crippen molar-refractivity contribution in [2.45, 2.75) is 24.3 Å². The van der Waals surface area contributed by atoms with Crippen molar-refractivity contribution in [2.24, 2.45) is 7.05 Å². The second-order valence-electron chi connectivity index (χ2n) is 6.30. The molecule has 0 aliphatic heterocycles. The predicted molar refractivity (Wildman–Crippen MR) is 102 cm³/mol. The van der Waals surface area contributed by atoms with Crippen LogP contribution in [0, 0.1) is 0 Å². The minimum Gasteiger partial charge on any atom is -0.353 e. The van der Waals surface area contributed by atoms with Gasteiger partial charge in [0.1, 0.15) is 0 Å². The van der Waals surface area contributed by atoms with E-state index in [9.17, 15) is 13.2 Å². The number of rotatable bonds is 8. The molecule has 0 saturated carbocycles. The van der Waals surface area contributed by atoms with E-state index in [0.717, 1.165) is 5.69 Å². The highest BCUT2D eigenvalue weighted by atomic mass is 32.2. The summed E-state index contributed by atoms with van der Waals surface area (Å²) in [6, 6.07) is 9.97. The van der Waals surface area contributed by atoms with E-state index >= 15 is 0 Å². The Labute approximate surface area is 155 Å². The average Bonchev–Trinajstić information content (AvgIpc) is 3.01. The third-order valence-corrected chi connectivity index (χ3v) is 5.62. The van der Waals surface area contributed by atoms with Crippen molar-refractivity contribution >= 4 is 21.6 Å². The average molecular weight is 378 g/mol. The van der Waals surface area contributed by atoms with Crippen molar-refractivity contribution in [3.8, 4) is 0 Å². The van der Waals surface area contributed by atoms with E-state index in [0.29, 0.717) is 12.1 Å². The summed E-state index contributed by atoms with van der Waals surface area (Å²) in [5.74, 6) is -0.116. The Balaban J connectivity index is 2.10. The fourth-order valence-electron chi connectivity index (χ4n) is 2.61. The first kappa shape index (κ1) is 20.2. The number of nitrogens with one attached hydrogen (secondary N) is 2. The third-order valence-electron chi connectivity index (χ3n) is 4.18. The van der Waals surface area contributed by atoms with Gasteiger partial charge in [0.2, 0.25) is 15.9 Å². The molecule has 0 aliphatic rings. The number of sulfonamides is 1. The zero-order chi connectivity index (χ0) is 19.3. The Morgan fingerprint density at radius 2 is 1.85 bits per heavy atom. The summed E-state index contributed by atoms with van der Waals surface area (Å²) in [5.41, 5.74) is 1.60. The summed E-state index contributed by atoms with van der Waals surface area (Å²) in [7, 11) is 2.12. The fourth-order valence-corrected chi connectivity index (χ4v) is 3.65. The molecule has 0 radical (unpaired) electrons. The summed E-state index contributed by atoms with van der Waals surface area (Å²) in [5, 5.41) is 2.70. The lowest BCUT2D eigenvalue weighted by Crippen LogP contribution is -2.35. The lowest BCUT2D eigenvalue weighted by Gasteiger charge is -2.25. The van der Waals surface area contributed by atoms with E-state index in [4.69, 9.17) is 0 Å². The fraction of sp³-hybridized carbons (Fsp3) is 0.389.